The van der Waals surface area contributed by atoms with Gasteiger partial charge >= 0.3 is 0 Å². The fourth-order valence-corrected chi connectivity index (χ4v) is 5.76. The second-order valence-electron chi connectivity index (χ2n) is 9.59. The van der Waals surface area contributed by atoms with Crippen molar-refractivity contribution in [3.63, 3.8) is 0 Å². The molecule has 0 saturated carbocycles. The van der Waals surface area contributed by atoms with Gasteiger partial charge in [-0.3, -0.25) is 4.79 Å². The standard InChI is InChI=1S/C31H31N3O4S.ClH/c1-18-11-23(16-28(37-3)30(18)38-4)29-24(17-39-34-29)22-9-10-27(36-2)26(15-22)33-31(35)25(32)14-19-12-20-7-5-6-8-21(20)13-19;/h5-12,15-17,25H,13-14,32H2,1-4H3,(H,33,35);1H/t25-;/m1./s1. The molecule has 1 aliphatic rings. The van der Waals surface area contributed by atoms with E-state index < -0.39 is 6.04 Å². The summed E-state index contributed by atoms with van der Waals surface area (Å²) in [4.78, 5) is 13.2. The number of nitrogens with zero attached hydrogens (tertiary/aromatic N) is 1. The van der Waals surface area contributed by atoms with Gasteiger partial charge in [0.05, 0.1) is 32.7 Å². The summed E-state index contributed by atoms with van der Waals surface area (Å²) in [5.41, 5.74) is 13.0. The summed E-state index contributed by atoms with van der Waals surface area (Å²) >= 11 is 1.38. The van der Waals surface area contributed by atoms with Crippen LogP contribution in [-0.4, -0.2) is 37.7 Å². The van der Waals surface area contributed by atoms with E-state index in [4.69, 9.17) is 14.2 Å². The summed E-state index contributed by atoms with van der Waals surface area (Å²) in [6.45, 7) is 1.98. The molecule has 5 rings (SSSR count). The zero-order valence-electron chi connectivity index (χ0n) is 22.9. The number of benzene rings is 3. The molecule has 0 unspecified atom stereocenters. The van der Waals surface area contributed by atoms with Crippen LogP contribution in [0.4, 0.5) is 5.69 Å². The maximum Gasteiger partial charge on any atom is 0.282 e. The molecule has 208 valence electrons. The van der Waals surface area contributed by atoms with E-state index in [1.165, 1.54) is 28.2 Å². The fraction of sp³-hybridized carbons (Fsp3) is 0.226. The summed E-state index contributed by atoms with van der Waals surface area (Å²) < 4.78 is 21.3. The largest absolute Gasteiger partial charge is 1.00 e. The number of aromatic nitrogens is 1. The third-order valence-electron chi connectivity index (χ3n) is 6.99. The minimum Gasteiger partial charge on any atom is -1.00 e. The zero-order valence-corrected chi connectivity index (χ0v) is 24.5. The third kappa shape index (κ3) is 5.84. The van der Waals surface area contributed by atoms with Gasteiger partial charge in [0.15, 0.2) is 17.5 Å². The third-order valence-corrected chi connectivity index (χ3v) is 7.62. The molecule has 4 aromatic rings. The number of hydrogen-bond donors (Lipinski definition) is 2. The Bertz CT molecular complexity index is 1570. The molecular formula is C31H32ClN3O4S. The molecule has 1 atom stereocenters. The molecule has 40 heavy (non-hydrogen) atoms. The van der Waals surface area contributed by atoms with E-state index in [0.717, 1.165) is 34.4 Å². The molecule has 0 saturated heterocycles. The average Bonchev–Trinajstić information content (AvgIpc) is 3.59. The molecule has 1 amide bonds. The number of carbonyl (C=O) groups excluding carboxylic acids is 1. The Labute approximate surface area is 244 Å². The van der Waals surface area contributed by atoms with E-state index in [-0.39, 0.29) is 18.3 Å². The smallest absolute Gasteiger partial charge is 0.282 e. The predicted octanol–water partition coefficient (Wildman–Crippen LogP) is 2.39. The number of nitrogens with one attached hydrogen (secondary N) is 1. The van der Waals surface area contributed by atoms with Gasteiger partial charge in [-0.15, -0.1) is 0 Å². The Hall–Kier alpha value is -3.85. The SMILES string of the molecule is COc1ccc(-c2csnc2-c2cc(C)c(OC)c(OC)c2)cc1NC(=O)[C@H]([NH3+])CC1=Cc2ccccc2C1.[Cl-]. The van der Waals surface area contributed by atoms with Crippen molar-refractivity contribution in [1.29, 1.82) is 0 Å². The summed E-state index contributed by atoms with van der Waals surface area (Å²) in [6, 6.07) is 17.6. The van der Waals surface area contributed by atoms with Gasteiger partial charge < -0.3 is 37.7 Å². The molecular weight excluding hydrogens is 546 g/mol. The van der Waals surface area contributed by atoms with Crippen LogP contribution in [0.2, 0.25) is 0 Å². The first-order chi connectivity index (χ1) is 18.9. The lowest BCUT2D eigenvalue weighted by Gasteiger charge is -2.15. The highest BCUT2D eigenvalue weighted by Crippen LogP contribution is 2.41. The fourth-order valence-electron chi connectivity index (χ4n) is 5.04. The minimum atomic E-state index is -0.438. The molecule has 0 aliphatic heterocycles. The quantitative estimate of drug-likeness (QED) is 0.318. The van der Waals surface area contributed by atoms with Crippen molar-refractivity contribution in [1.82, 2.24) is 4.37 Å². The van der Waals surface area contributed by atoms with Gasteiger partial charge in [-0.2, -0.15) is 4.37 Å². The molecule has 0 spiro atoms. The van der Waals surface area contributed by atoms with Crippen LogP contribution in [-0.2, 0) is 11.2 Å². The number of carbonyl (C=O) groups is 1. The van der Waals surface area contributed by atoms with Gasteiger partial charge in [0.1, 0.15) is 5.75 Å². The second-order valence-corrected chi connectivity index (χ2v) is 10.2. The molecule has 1 heterocycles. The van der Waals surface area contributed by atoms with Gasteiger partial charge in [0.2, 0.25) is 0 Å². The van der Waals surface area contributed by atoms with Crippen molar-refractivity contribution in [2.45, 2.75) is 25.8 Å². The summed E-state index contributed by atoms with van der Waals surface area (Å²) in [7, 11) is 4.85. The number of anilines is 1. The lowest BCUT2D eigenvalue weighted by atomic mass is 9.99. The molecule has 4 N–H and O–H groups in total. The normalized spacial score (nSPS) is 12.6. The van der Waals surface area contributed by atoms with Crippen molar-refractivity contribution in [2.75, 3.05) is 26.6 Å². The molecule has 1 aliphatic carbocycles. The van der Waals surface area contributed by atoms with Gasteiger partial charge in [-0.1, -0.05) is 42.0 Å². The first-order valence-electron chi connectivity index (χ1n) is 12.7. The average molecular weight is 578 g/mol. The Balaban J connectivity index is 0.00000370. The maximum absolute atomic E-state index is 13.2. The highest BCUT2D eigenvalue weighted by Gasteiger charge is 2.24. The van der Waals surface area contributed by atoms with Crippen LogP contribution in [0, 0.1) is 6.92 Å². The molecule has 3 aromatic carbocycles. The first kappa shape index (κ1) is 29.1. The molecule has 0 radical (unpaired) electrons. The van der Waals surface area contributed by atoms with Gasteiger partial charge in [0, 0.05) is 22.9 Å². The molecule has 0 fully saturated rings. The van der Waals surface area contributed by atoms with Crippen LogP contribution in [0.25, 0.3) is 28.5 Å². The van der Waals surface area contributed by atoms with Crippen LogP contribution in [0.3, 0.4) is 0 Å². The first-order valence-corrected chi connectivity index (χ1v) is 13.5. The Morgan fingerprint density at radius 3 is 2.52 bits per heavy atom. The van der Waals surface area contributed by atoms with E-state index in [1.54, 1.807) is 21.3 Å². The van der Waals surface area contributed by atoms with Crippen molar-refractivity contribution in [3.05, 3.63) is 82.2 Å². The highest BCUT2D eigenvalue weighted by molar-refractivity contribution is 7.04. The molecule has 7 nitrogen and oxygen atoms in total. The number of methoxy groups -OCH3 is 3. The number of ether oxygens (including phenoxy) is 3. The number of halogens is 1. The van der Waals surface area contributed by atoms with Crippen LogP contribution in [0.15, 0.2) is 65.6 Å². The molecule has 9 heteroatoms. The Kier molecular flexibility index (Phi) is 9.14. The molecule has 0 bridgehead atoms. The lowest BCUT2D eigenvalue weighted by molar-refractivity contribution is -0.401. The number of hydrogen-bond acceptors (Lipinski definition) is 6. The second kappa shape index (κ2) is 12.6. The maximum atomic E-state index is 13.2. The van der Waals surface area contributed by atoms with Crippen LogP contribution in [0.5, 0.6) is 17.2 Å². The van der Waals surface area contributed by atoms with E-state index in [1.807, 2.05) is 54.8 Å². The predicted molar refractivity (Wildman–Crippen MR) is 155 cm³/mol. The lowest BCUT2D eigenvalue weighted by Crippen LogP contribution is -3.00. The number of rotatable bonds is 9. The monoisotopic (exact) mass is 577 g/mol. The zero-order chi connectivity index (χ0) is 27.5. The van der Waals surface area contributed by atoms with Gasteiger partial charge in [-0.25, -0.2) is 0 Å². The Morgan fingerprint density at radius 2 is 1.80 bits per heavy atom. The van der Waals surface area contributed by atoms with Crippen molar-refractivity contribution in [3.8, 4) is 39.6 Å². The Morgan fingerprint density at radius 1 is 1.02 bits per heavy atom. The number of aryl methyl sites for hydroxylation is 1. The van der Waals surface area contributed by atoms with E-state index in [9.17, 15) is 4.79 Å². The number of fused-ring (bicyclic) bond motifs is 1. The van der Waals surface area contributed by atoms with E-state index in [0.29, 0.717) is 29.4 Å². The summed E-state index contributed by atoms with van der Waals surface area (Å²) in [5, 5.41) is 5.06. The van der Waals surface area contributed by atoms with Crippen LogP contribution < -0.4 is 37.7 Å². The number of quaternary nitrogens is 1. The topological polar surface area (TPSA) is 97.3 Å². The number of amides is 1. The van der Waals surface area contributed by atoms with E-state index in [2.05, 4.69) is 33.6 Å². The van der Waals surface area contributed by atoms with Gasteiger partial charge in [0.25, 0.3) is 5.91 Å². The van der Waals surface area contributed by atoms with Crippen LogP contribution in [0.1, 0.15) is 23.1 Å². The summed E-state index contributed by atoms with van der Waals surface area (Å²) in [6.07, 6.45) is 3.63. The van der Waals surface area contributed by atoms with E-state index >= 15 is 0 Å². The minimum absolute atomic E-state index is 0. The molecule has 1 aromatic heterocycles. The van der Waals surface area contributed by atoms with Gasteiger partial charge in [-0.05, 0) is 71.4 Å². The van der Waals surface area contributed by atoms with Crippen molar-refractivity contribution < 1.29 is 37.1 Å². The highest BCUT2D eigenvalue weighted by atomic mass is 35.5. The van der Waals surface area contributed by atoms with Crippen molar-refractivity contribution >= 4 is 29.2 Å². The van der Waals surface area contributed by atoms with Crippen LogP contribution >= 0.6 is 11.5 Å². The summed E-state index contributed by atoms with van der Waals surface area (Å²) in [5.74, 6) is 1.78. The van der Waals surface area contributed by atoms with Crippen molar-refractivity contribution in [2.24, 2.45) is 0 Å².